The van der Waals surface area contributed by atoms with Gasteiger partial charge >= 0.3 is 41.9 Å². The van der Waals surface area contributed by atoms with Crippen molar-refractivity contribution in [1.82, 2.24) is 0 Å². The zero-order valence-electron chi connectivity index (χ0n) is 10.6. The van der Waals surface area contributed by atoms with Gasteiger partial charge in [-0.15, -0.1) is 0 Å². The monoisotopic (exact) mass is 377 g/mol. The zero-order chi connectivity index (χ0) is 19.3. The van der Waals surface area contributed by atoms with E-state index >= 15 is 0 Å². The second-order valence-electron chi connectivity index (χ2n) is 4.24. The summed E-state index contributed by atoms with van der Waals surface area (Å²) in [5, 5.41) is 7.89. The molecule has 0 fully saturated rings. The highest BCUT2D eigenvalue weighted by Gasteiger charge is 2.90. The quantitative estimate of drug-likeness (QED) is 0.640. The van der Waals surface area contributed by atoms with Crippen molar-refractivity contribution in [2.24, 2.45) is 0 Å². The van der Waals surface area contributed by atoms with Crippen molar-refractivity contribution in [2.45, 2.75) is 48.8 Å². The van der Waals surface area contributed by atoms with Gasteiger partial charge in [0.25, 0.3) is 0 Å². The fourth-order valence-electron chi connectivity index (χ4n) is 1.17. The Morgan fingerprint density at radius 1 is 0.652 bits per heavy atom. The first-order valence-corrected chi connectivity index (χ1v) is 5.24. The molecule has 0 aromatic rings. The van der Waals surface area contributed by atoms with Crippen molar-refractivity contribution in [1.29, 1.82) is 0 Å². The Bertz CT molecular complexity index is 427. The van der Waals surface area contributed by atoms with Crippen molar-refractivity contribution in [2.75, 3.05) is 0 Å². The third kappa shape index (κ3) is 2.71. The Labute approximate surface area is 119 Å². The minimum absolute atomic E-state index is 0.0980. The van der Waals surface area contributed by atoms with Crippen LogP contribution < -0.4 is 0 Å². The molecule has 1 unspecified atom stereocenters. The van der Waals surface area contributed by atoms with Gasteiger partial charge < -0.3 is 5.11 Å². The lowest BCUT2D eigenvalue weighted by molar-refractivity contribution is -0.434. The van der Waals surface area contributed by atoms with Gasteiger partial charge in [0.1, 0.15) is 0 Å². The van der Waals surface area contributed by atoms with E-state index in [1.807, 2.05) is 0 Å². The summed E-state index contributed by atoms with van der Waals surface area (Å²) >= 11 is 0. The Balaban J connectivity index is 6.29. The van der Waals surface area contributed by atoms with Crippen LogP contribution >= 0.6 is 0 Å². The van der Waals surface area contributed by atoms with Crippen LogP contribution in [0.2, 0.25) is 0 Å². The molecule has 139 valence electrons. The minimum Gasteiger partial charge on any atom is -0.352 e. The normalized spacial score (nSPS) is 18.3. The fourth-order valence-corrected chi connectivity index (χ4v) is 1.17. The molecule has 0 spiro atoms. The van der Waals surface area contributed by atoms with Gasteiger partial charge in [0.15, 0.2) is 0 Å². The van der Waals surface area contributed by atoms with Crippen LogP contribution in [0.1, 0.15) is 13.3 Å². The second kappa shape index (κ2) is 5.55. The summed E-state index contributed by atoms with van der Waals surface area (Å²) in [6, 6.07) is 0. The summed E-state index contributed by atoms with van der Waals surface area (Å²) in [5.41, 5.74) is 0. The van der Waals surface area contributed by atoms with Gasteiger partial charge in [-0.25, -0.2) is 0 Å². The van der Waals surface area contributed by atoms with E-state index in [0.717, 1.165) is 0 Å². The highest BCUT2D eigenvalue weighted by Crippen LogP contribution is 2.60. The van der Waals surface area contributed by atoms with Crippen LogP contribution in [0.15, 0.2) is 0 Å². The van der Waals surface area contributed by atoms with Gasteiger partial charge in [-0.2, -0.15) is 57.1 Å². The van der Waals surface area contributed by atoms with Crippen LogP contribution in [0.4, 0.5) is 57.1 Å². The van der Waals surface area contributed by atoms with E-state index in [1.54, 1.807) is 0 Å². The molecule has 0 aliphatic heterocycles. The summed E-state index contributed by atoms with van der Waals surface area (Å²) in [4.78, 5) is 0. The number of rotatable bonds is 7. The Hall–Kier alpha value is -0.950. The van der Waals surface area contributed by atoms with Crippen LogP contribution in [0, 0.1) is 6.43 Å². The van der Waals surface area contributed by atoms with Gasteiger partial charge in [-0.1, -0.05) is 6.92 Å². The lowest BCUT2D eigenvalue weighted by Crippen LogP contribution is -2.71. The molecule has 0 rings (SSSR count). The molecule has 0 aliphatic rings. The maximum Gasteiger partial charge on any atom is 0.384 e. The molecule has 0 saturated heterocycles. The molecular formula is C9H6F13O. The number of hydrogen-bond donors (Lipinski definition) is 1. The first kappa shape index (κ1) is 22.1. The number of alkyl halides is 11. The smallest absolute Gasteiger partial charge is 0.352 e. The van der Waals surface area contributed by atoms with E-state index in [1.165, 1.54) is 0 Å². The number of hydrogen-bond acceptors (Lipinski definition) is 1. The lowest BCUT2D eigenvalue weighted by Gasteiger charge is -2.41. The predicted octanol–water partition coefficient (Wildman–Crippen LogP) is 4.66. The van der Waals surface area contributed by atoms with Crippen LogP contribution in [0.25, 0.3) is 0 Å². The van der Waals surface area contributed by atoms with Gasteiger partial charge in [-0.3, -0.25) is 0 Å². The highest BCUT2D eigenvalue weighted by atomic mass is 19.4. The highest BCUT2D eigenvalue weighted by molar-refractivity contribution is 5.13. The second-order valence-corrected chi connectivity index (χ2v) is 4.24. The summed E-state index contributed by atoms with van der Waals surface area (Å²) in [6.45, 7) is 0.0980. The average Bonchev–Trinajstić information content (AvgIpc) is 2.37. The van der Waals surface area contributed by atoms with Crippen LogP contribution in [-0.4, -0.2) is 40.6 Å². The average molecular weight is 377 g/mol. The standard InChI is InChI=1S/C9H6F13O/c1-2-4(12,13)6(15,16)8(19,20)9(21,22)7(17,18)5(14,23)3(10)11/h23H,2H2,1H3. The predicted molar refractivity (Wildman–Crippen MR) is 46.5 cm³/mol. The van der Waals surface area contributed by atoms with Crippen LogP contribution in [-0.2, 0) is 0 Å². The van der Waals surface area contributed by atoms with E-state index in [-0.39, 0.29) is 6.92 Å². The van der Waals surface area contributed by atoms with Gasteiger partial charge in [0.05, 0.1) is 0 Å². The molecule has 1 radical (unpaired) electrons. The van der Waals surface area contributed by atoms with E-state index in [2.05, 4.69) is 0 Å². The van der Waals surface area contributed by atoms with E-state index in [4.69, 9.17) is 5.11 Å². The van der Waals surface area contributed by atoms with Crippen molar-refractivity contribution in [3.63, 3.8) is 0 Å². The van der Waals surface area contributed by atoms with Crippen molar-refractivity contribution < 1.29 is 62.2 Å². The van der Waals surface area contributed by atoms with Crippen LogP contribution in [0.3, 0.4) is 0 Å². The molecule has 0 aromatic carbocycles. The molecule has 23 heavy (non-hydrogen) atoms. The van der Waals surface area contributed by atoms with Crippen molar-refractivity contribution in [3.8, 4) is 0 Å². The van der Waals surface area contributed by atoms with Gasteiger partial charge in [-0.05, 0) is 0 Å². The summed E-state index contributed by atoms with van der Waals surface area (Å²) in [7, 11) is 0. The lowest BCUT2D eigenvalue weighted by atomic mass is 9.90. The van der Waals surface area contributed by atoms with Crippen molar-refractivity contribution in [3.05, 3.63) is 6.43 Å². The van der Waals surface area contributed by atoms with Crippen molar-refractivity contribution >= 4 is 0 Å². The molecule has 0 bridgehead atoms. The Kier molecular flexibility index (Phi) is 5.32. The molecule has 14 heteroatoms. The molecule has 0 heterocycles. The largest absolute Gasteiger partial charge is 0.384 e. The van der Waals surface area contributed by atoms with E-state index in [9.17, 15) is 57.1 Å². The van der Waals surface area contributed by atoms with Gasteiger partial charge in [0.2, 0.25) is 0 Å². The number of aliphatic hydroxyl groups is 1. The first-order valence-electron chi connectivity index (χ1n) is 5.24. The first-order chi connectivity index (χ1) is 9.75. The van der Waals surface area contributed by atoms with E-state index in [0.29, 0.717) is 0 Å². The zero-order valence-corrected chi connectivity index (χ0v) is 10.6. The third-order valence-corrected chi connectivity index (χ3v) is 2.75. The fraction of sp³-hybridized carbons (Fsp3) is 0.889. The summed E-state index contributed by atoms with van der Waals surface area (Å²) < 4.78 is 165. The van der Waals surface area contributed by atoms with E-state index < -0.39 is 48.3 Å². The summed E-state index contributed by atoms with van der Waals surface area (Å²) in [5.74, 6) is -43.1. The molecule has 1 nitrogen and oxygen atoms in total. The molecular weight excluding hydrogens is 371 g/mol. The minimum atomic E-state index is -7.82. The molecule has 0 amide bonds. The maximum atomic E-state index is 13.0. The Morgan fingerprint density at radius 2 is 0.957 bits per heavy atom. The number of halogens is 13. The van der Waals surface area contributed by atoms with Gasteiger partial charge in [0, 0.05) is 6.42 Å². The SMILES string of the molecule is CCC(F)(F)C(F)(F)C(F)(F)C(F)(F)C(F)(F)C(O)(F)[C](F)F. The molecule has 0 saturated carbocycles. The molecule has 1 N–H and O–H groups in total. The van der Waals surface area contributed by atoms with Crippen LogP contribution in [0.5, 0.6) is 0 Å². The molecule has 0 aromatic heterocycles. The molecule has 0 aliphatic carbocycles. The summed E-state index contributed by atoms with van der Waals surface area (Å²) in [6.07, 6.45) is -6.82. The Morgan fingerprint density at radius 3 is 1.22 bits per heavy atom. The third-order valence-electron chi connectivity index (χ3n) is 2.75. The topological polar surface area (TPSA) is 20.2 Å². The maximum absolute atomic E-state index is 13.0. The molecule has 1 atom stereocenters.